The predicted octanol–water partition coefficient (Wildman–Crippen LogP) is 4.77. The Morgan fingerprint density at radius 2 is 1.83 bits per heavy atom. The van der Waals surface area contributed by atoms with Gasteiger partial charge in [0.15, 0.2) is 0 Å². The van der Waals surface area contributed by atoms with Crippen molar-refractivity contribution in [1.29, 1.82) is 0 Å². The van der Waals surface area contributed by atoms with E-state index < -0.39 is 5.51 Å². The largest absolute Gasteiger partial charge is 0.446 e. The van der Waals surface area contributed by atoms with Crippen molar-refractivity contribution in [3.8, 4) is 0 Å². The number of thioether (sulfide) groups is 1. The van der Waals surface area contributed by atoms with Crippen LogP contribution in [0.5, 0.6) is 0 Å². The Labute approximate surface area is 144 Å². The fourth-order valence-electron chi connectivity index (χ4n) is 2.67. The smallest absolute Gasteiger partial charge is 0.378 e. The first kappa shape index (κ1) is 19.1. The maximum atomic E-state index is 12.2. The van der Waals surface area contributed by atoms with Crippen molar-refractivity contribution in [2.75, 3.05) is 13.2 Å². The standard InChI is InChI=1S/C17H22F3NO2S/c18-17(19,20)24-15-9-7-13(8-10-15)16(22)21-11-4-12-23-14-5-2-1-3-6-14/h7-10,14H,1-6,11-12H2,(H,21,22). The summed E-state index contributed by atoms with van der Waals surface area (Å²) in [4.78, 5) is 12.0. The molecule has 1 aliphatic carbocycles. The van der Waals surface area contributed by atoms with Crippen LogP contribution in [-0.4, -0.2) is 30.7 Å². The van der Waals surface area contributed by atoms with Crippen LogP contribution in [0.1, 0.15) is 48.9 Å². The van der Waals surface area contributed by atoms with Crippen LogP contribution in [0.3, 0.4) is 0 Å². The number of halogens is 3. The highest BCUT2D eigenvalue weighted by atomic mass is 32.2. The van der Waals surface area contributed by atoms with Crippen molar-refractivity contribution >= 4 is 17.7 Å². The van der Waals surface area contributed by atoms with E-state index in [0.717, 1.165) is 19.3 Å². The van der Waals surface area contributed by atoms with Gasteiger partial charge in [-0.25, -0.2) is 0 Å². The van der Waals surface area contributed by atoms with Gasteiger partial charge in [0.25, 0.3) is 5.91 Å². The maximum absolute atomic E-state index is 12.2. The number of hydrogen-bond donors (Lipinski definition) is 1. The number of amides is 1. The Kier molecular flexibility index (Phi) is 7.42. The van der Waals surface area contributed by atoms with Crippen molar-refractivity contribution in [3.63, 3.8) is 0 Å². The van der Waals surface area contributed by atoms with Gasteiger partial charge in [-0.1, -0.05) is 19.3 Å². The number of ether oxygens (including phenoxy) is 1. The summed E-state index contributed by atoms with van der Waals surface area (Å²) in [5, 5.41) is 2.76. The van der Waals surface area contributed by atoms with E-state index in [2.05, 4.69) is 5.32 Å². The molecule has 1 saturated carbocycles. The molecule has 0 aliphatic heterocycles. The quantitative estimate of drug-likeness (QED) is 0.562. The summed E-state index contributed by atoms with van der Waals surface area (Å²) in [6, 6.07) is 5.42. The average molecular weight is 361 g/mol. The number of hydrogen-bond acceptors (Lipinski definition) is 3. The molecule has 3 nitrogen and oxygen atoms in total. The van der Waals surface area contributed by atoms with Crippen molar-refractivity contribution < 1.29 is 22.7 Å². The van der Waals surface area contributed by atoms with E-state index in [4.69, 9.17) is 4.74 Å². The maximum Gasteiger partial charge on any atom is 0.446 e. The van der Waals surface area contributed by atoms with Crippen molar-refractivity contribution in [2.45, 2.75) is 55.0 Å². The summed E-state index contributed by atoms with van der Waals surface area (Å²) in [7, 11) is 0. The molecule has 0 atom stereocenters. The highest BCUT2D eigenvalue weighted by Crippen LogP contribution is 2.36. The zero-order valence-electron chi connectivity index (χ0n) is 13.4. The summed E-state index contributed by atoms with van der Waals surface area (Å²) in [6.07, 6.45) is 7.06. The lowest BCUT2D eigenvalue weighted by molar-refractivity contribution is -0.0328. The molecule has 1 aromatic carbocycles. The van der Waals surface area contributed by atoms with Gasteiger partial charge in [0, 0.05) is 23.6 Å². The van der Waals surface area contributed by atoms with Gasteiger partial charge in [-0.15, -0.1) is 0 Å². The molecular weight excluding hydrogens is 339 g/mol. The molecule has 0 unspecified atom stereocenters. The number of alkyl halides is 3. The lowest BCUT2D eigenvalue weighted by atomic mass is 9.98. The van der Waals surface area contributed by atoms with Gasteiger partial charge in [0.05, 0.1) is 6.10 Å². The molecule has 134 valence electrons. The summed E-state index contributed by atoms with van der Waals surface area (Å²) >= 11 is -0.189. The Morgan fingerprint density at radius 3 is 2.46 bits per heavy atom. The molecule has 1 amide bonds. The van der Waals surface area contributed by atoms with Gasteiger partial charge >= 0.3 is 5.51 Å². The topological polar surface area (TPSA) is 38.3 Å². The van der Waals surface area contributed by atoms with Gasteiger partial charge in [0.1, 0.15) is 0 Å². The van der Waals surface area contributed by atoms with Gasteiger partial charge in [-0.2, -0.15) is 13.2 Å². The molecule has 1 aliphatic rings. The van der Waals surface area contributed by atoms with Gasteiger partial charge in [-0.3, -0.25) is 4.79 Å². The normalized spacial score (nSPS) is 16.1. The summed E-state index contributed by atoms with van der Waals surface area (Å²) in [5.74, 6) is -0.281. The first-order valence-electron chi connectivity index (χ1n) is 8.20. The second-order valence-electron chi connectivity index (χ2n) is 5.81. The third-order valence-electron chi connectivity index (χ3n) is 3.86. The number of rotatable bonds is 7. The third-order valence-corrected chi connectivity index (χ3v) is 4.60. The SMILES string of the molecule is O=C(NCCCOC1CCCCC1)c1ccc(SC(F)(F)F)cc1. The minimum atomic E-state index is -4.32. The Balaban J connectivity index is 1.65. The Bertz CT molecular complexity index is 514. The summed E-state index contributed by atoms with van der Waals surface area (Å²) in [5.41, 5.74) is -3.96. The average Bonchev–Trinajstić information content (AvgIpc) is 2.54. The molecule has 0 bridgehead atoms. The van der Waals surface area contributed by atoms with E-state index in [1.54, 1.807) is 0 Å². The van der Waals surface area contributed by atoms with Crippen LogP contribution in [0, 0.1) is 0 Å². The third kappa shape index (κ3) is 7.13. The van der Waals surface area contributed by atoms with Gasteiger partial charge in [0.2, 0.25) is 0 Å². The minimum absolute atomic E-state index is 0.0694. The van der Waals surface area contributed by atoms with E-state index in [9.17, 15) is 18.0 Å². The minimum Gasteiger partial charge on any atom is -0.378 e. The Morgan fingerprint density at radius 1 is 1.17 bits per heavy atom. The van der Waals surface area contributed by atoms with Gasteiger partial charge < -0.3 is 10.1 Å². The summed E-state index contributed by atoms with van der Waals surface area (Å²) < 4.78 is 42.5. The number of benzene rings is 1. The van der Waals surface area contributed by atoms with E-state index in [0.29, 0.717) is 24.8 Å². The number of carbonyl (C=O) groups is 1. The first-order valence-corrected chi connectivity index (χ1v) is 9.01. The van der Waals surface area contributed by atoms with Crippen LogP contribution in [0.25, 0.3) is 0 Å². The van der Waals surface area contributed by atoms with Crippen LogP contribution < -0.4 is 5.32 Å². The van der Waals surface area contributed by atoms with E-state index in [1.165, 1.54) is 43.5 Å². The molecule has 1 N–H and O–H groups in total. The van der Waals surface area contributed by atoms with Crippen molar-refractivity contribution in [3.05, 3.63) is 29.8 Å². The van der Waals surface area contributed by atoms with Gasteiger partial charge in [-0.05, 0) is 55.3 Å². The molecule has 24 heavy (non-hydrogen) atoms. The molecule has 0 radical (unpaired) electrons. The molecular formula is C17H22F3NO2S. The van der Waals surface area contributed by atoms with Crippen molar-refractivity contribution in [2.24, 2.45) is 0 Å². The van der Waals surface area contributed by atoms with Crippen LogP contribution in [0.2, 0.25) is 0 Å². The molecule has 1 aromatic rings. The molecule has 0 aromatic heterocycles. The highest BCUT2D eigenvalue weighted by molar-refractivity contribution is 8.00. The van der Waals surface area contributed by atoms with Crippen LogP contribution in [0.4, 0.5) is 13.2 Å². The number of carbonyl (C=O) groups excluding carboxylic acids is 1. The highest BCUT2D eigenvalue weighted by Gasteiger charge is 2.29. The monoisotopic (exact) mass is 361 g/mol. The second-order valence-corrected chi connectivity index (χ2v) is 6.95. The lowest BCUT2D eigenvalue weighted by Crippen LogP contribution is -2.26. The second kappa shape index (κ2) is 9.32. The molecule has 7 heteroatoms. The van der Waals surface area contributed by atoms with Crippen molar-refractivity contribution in [1.82, 2.24) is 5.32 Å². The Hall–Kier alpha value is -1.21. The fourth-order valence-corrected chi connectivity index (χ4v) is 3.21. The van der Waals surface area contributed by atoms with Crippen LogP contribution >= 0.6 is 11.8 Å². The molecule has 1 fully saturated rings. The zero-order valence-corrected chi connectivity index (χ0v) is 14.2. The van der Waals surface area contributed by atoms with E-state index in [-0.39, 0.29) is 22.6 Å². The molecule has 0 saturated heterocycles. The lowest BCUT2D eigenvalue weighted by Gasteiger charge is -2.21. The van der Waals surface area contributed by atoms with Crippen LogP contribution in [0.15, 0.2) is 29.2 Å². The zero-order chi connectivity index (χ0) is 17.4. The molecule has 2 rings (SSSR count). The molecule has 0 heterocycles. The fraction of sp³-hybridized carbons (Fsp3) is 0.588. The number of nitrogens with one attached hydrogen (secondary N) is 1. The van der Waals surface area contributed by atoms with E-state index in [1.807, 2.05) is 0 Å². The predicted molar refractivity (Wildman–Crippen MR) is 88.1 cm³/mol. The first-order chi connectivity index (χ1) is 11.4. The summed E-state index contributed by atoms with van der Waals surface area (Å²) in [6.45, 7) is 1.11. The molecule has 0 spiro atoms. The van der Waals surface area contributed by atoms with Crippen LogP contribution in [-0.2, 0) is 4.74 Å². The van der Waals surface area contributed by atoms with E-state index >= 15 is 0 Å².